The summed E-state index contributed by atoms with van der Waals surface area (Å²) < 4.78 is 21.6. The molecule has 1 saturated heterocycles. The molecule has 2 aromatic carbocycles. The summed E-state index contributed by atoms with van der Waals surface area (Å²) in [6, 6.07) is 14.6. The quantitative estimate of drug-likeness (QED) is 0.395. The summed E-state index contributed by atoms with van der Waals surface area (Å²) in [7, 11) is 3.16. The van der Waals surface area contributed by atoms with Crippen molar-refractivity contribution in [2.75, 3.05) is 47.0 Å². The van der Waals surface area contributed by atoms with Crippen LogP contribution in [0.4, 0.5) is 0 Å². The molecule has 36 heavy (non-hydrogen) atoms. The summed E-state index contributed by atoms with van der Waals surface area (Å²) >= 11 is 0. The zero-order valence-corrected chi connectivity index (χ0v) is 20.5. The van der Waals surface area contributed by atoms with E-state index in [0.717, 1.165) is 24.4 Å². The lowest BCUT2D eigenvalue weighted by Crippen LogP contribution is -2.48. The van der Waals surface area contributed by atoms with Crippen LogP contribution in [0.15, 0.2) is 47.0 Å². The first-order chi connectivity index (χ1) is 17.6. The smallest absolute Gasteiger partial charge is 0.241 e. The van der Waals surface area contributed by atoms with Crippen molar-refractivity contribution < 1.29 is 23.5 Å². The second kappa shape index (κ2) is 12.0. The maximum Gasteiger partial charge on any atom is 0.241 e. The van der Waals surface area contributed by atoms with Gasteiger partial charge in [-0.25, -0.2) is 0 Å². The number of hydrogen-bond donors (Lipinski definition) is 0. The molecule has 0 bridgehead atoms. The average molecular weight is 492 g/mol. The van der Waals surface area contributed by atoms with Gasteiger partial charge in [-0.15, -0.1) is 0 Å². The Morgan fingerprint density at radius 1 is 1.06 bits per heavy atom. The van der Waals surface area contributed by atoms with Gasteiger partial charge in [0.1, 0.15) is 5.75 Å². The van der Waals surface area contributed by atoms with Crippen LogP contribution in [0.2, 0.25) is 0 Å². The molecule has 1 aromatic heterocycles. The van der Waals surface area contributed by atoms with Crippen LogP contribution in [0.3, 0.4) is 0 Å². The summed E-state index contributed by atoms with van der Waals surface area (Å²) in [5.74, 6) is 3.06. The second-order valence-electron chi connectivity index (χ2n) is 8.33. The molecule has 0 radical (unpaired) electrons. The summed E-state index contributed by atoms with van der Waals surface area (Å²) in [4.78, 5) is 21.2. The maximum atomic E-state index is 12.6. The second-order valence-corrected chi connectivity index (χ2v) is 8.33. The van der Waals surface area contributed by atoms with Crippen molar-refractivity contribution in [2.24, 2.45) is 0 Å². The molecular weight excluding hydrogens is 462 g/mol. The number of nitriles is 1. The van der Waals surface area contributed by atoms with E-state index in [1.165, 1.54) is 7.11 Å². The normalized spacial score (nSPS) is 13.8. The number of nitrogens with zero attached hydrogens (tertiary/aromatic N) is 5. The molecule has 1 aliphatic rings. The summed E-state index contributed by atoms with van der Waals surface area (Å²) in [5.41, 5.74) is 1.37. The Balaban J connectivity index is 1.18. The van der Waals surface area contributed by atoms with Gasteiger partial charge in [0.2, 0.25) is 17.6 Å². The third-order valence-electron chi connectivity index (χ3n) is 5.99. The van der Waals surface area contributed by atoms with E-state index in [9.17, 15) is 4.79 Å². The van der Waals surface area contributed by atoms with Crippen molar-refractivity contribution in [3.05, 3.63) is 53.9 Å². The number of hydrogen-bond acceptors (Lipinski definition) is 9. The highest BCUT2D eigenvalue weighted by molar-refractivity contribution is 5.76. The Morgan fingerprint density at radius 2 is 1.83 bits per heavy atom. The summed E-state index contributed by atoms with van der Waals surface area (Å²) in [6.07, 6.45) is 1.01. The first kappa shape index (κ1) is 25.0. The molecule has 0 N–H and O–H groups in total. The molecule has 0 spiro atoms. The molecule has 10 nitrogen and oxygen atoms in total. The molecule has 0 aliphatic carbocycles. The van der Waals surface area contributed by atoms with E-state index in [1.807, 2.05) is 29.2 Å². The van der Waals surface area contributed by atoms with E-state index < -0.39 is 0 Å². The summed E-state index contributed by atoms with van der Waals surface area (Å²) in [6.45, 7) is 3.73. The molecule has 1 aliphatic heterocycles. The van der Waals surface area contributed by atoms with E-state index in [0.29, 0.717) is 67.9 Å². The predicted octanol–water partition coefficient (Wildman–Crippen LogP) is 3.13. The van der Waals surface area contributed by atoms with Crippen LogP contribution >= 0.6 is 0 Å². The predicted molar refractivity (Wildman–Crippen MR) is 131 cm³/mol. The fourth-order valence-corrected chi connectivity index (χ4v) is 3.94. The molecular formula is C26H29N5O5. The van der Waals surface area contributed by atoms with Gasteiger partial charge in [0.25, 0.3) is 0 Å². The van der Waals surface area contributed by atoms with Crippen molar-refractivity contribution >= 4 is 5.91 Å². The van der Waals surface area contributed by atoms with Crippen molar-refractivity contribution in [1.29, 1.82) is 5.26 Å². The lowest BCUT2D eigenvalue weighted by atomic mass is 10.2. The van der Waals surface area contributed by atoms with Gasteiger partial charge in [0.15, 0.2) is 11.5 Å². The number of ether oxygens (including phenoxy) is 3. The first-order valence-electron chi connectivity index (χ1n) is 11.8. The van der Waals surface area contributed by atoms with Gasteiger partial charge in [-0.05, 0) is 42.8 Å². The number of carbonyl (C=O) groups excluding carboxylic acids is 1. The van der Waals surface area contributed by atoms with Gasteiger partial charge < -0.3 is 23.6 Å². The third-order valence-corrected chi connectivity index (χ3v) is 5.99. The minimum Gasteiger partial charge on any atom is -0.497 e. The molecule has 3 aromatic rings. The maximum absolute atomic E-state index is 12.6. The van der Waals surface area contributed by atoms with Crippen LogP contribution < -0.4 is 14.2 Å². The molecule has 1 amide bonds. The van der Waals surface area contributed by atoms with E-state index in [-0.39, 0.29) is 5.91 Å². The van der Waals surface area contributed by atoms with Gasteiger partial charge >= 0.3 is 0 Å². The Morgan fingerprint density at radius 3 is 2.53 bits per heavy atom. The Bertz CT molecular complexity index is 1200. The molecule has 0 unspecified atom stereocenters. The van der Waals surface area contributed by atoms with Crippen molar-refractivity contribution in [3.63, 3.8) is 0 Å². The number of rotatable bonds is 10. The van der Waals surface area contributed by atoms with E-state index in [4.69, 9.17) is 24.0 Å². The SMILES string of the molecule is COc1ccc(-c2noc(CN3CCN(C(=O)CCCOc4ccc(C#N)cc4OC)CC3)n2)cc1. The fraction of sp³-hybridized carbons (Fsp3) is 0.385. The van der Waals surface area contributed by atoms with E-state index in [2.05, 4.69) is 21.1 Å². The molecule has 10 heteroatoms. The van der Waals surface area contributed by atoms with Crippen LogP contribution in [0.5, 0.6) is 17.2 Å². The van der Waals surface area contributed by atoms with E-state index in [1.54, 1.807) is 25.3 Å². The highest BCUT2D eigenvalue weighted by Gasteiger charge is 2.22. The lowest BCUT2D eigenvalue weighted by molar-refractivity contribution is -0.133. The van der Waals surface area contributed by atoms with Gasteiger partial charge in [-0.1, -0.05) is 5.16 Å². The van der Waals surface area contributed by atoms with Crippen LogP contribution in [-0.2, 0) is 11.3 Å². The number of methoxy groups -OCH3 is 2. The highest BCUT2D eigenvalue weighted by atomic mass is 16.5. The minimum atomic E-state index is 0.115. The first-order valence-corrected chi connectivity index (χ1v) is 11.8. The van der Waals surface area contributed by atoms with Gasteiger partial charge in [0, 0.05) is 44.2 Å². The Hall–Kier alpha value is -4.10. The number of amides is 1. The zero-order valence-electron chi connectivity index (χ0n) is 20.5. The molecule has 1 fully saturated rings. The molecule has 2 heterocycles. The van der Waals surface area contributed by atoms with Crippen molar-refractivity contribution in [3.8, 4) is 34.7 Å². The number of piperazine rings is 1. The Labute approximate surface area is 210 Å². The molecule has 0 atom stereocenters. The van der Waals surface area contributed by atoms with Gasteiger partial charge in [0.05, 0.1) is 39.0 Å². The van der Waals surface area contributed by atoms with Crippen molar-refractivity contribution in [1.82, 2.24) is 19.9 Å². The van der Waals surface area contributed by atoms with Crippen molar-refractivity contribution in [2.45, 2.75) is 19.4 Å². The fourth-order valence-electron chi connectivity index (χ4n) is 3.94. The van der Waals surface area contributed by atoms with Gasteiger partial charge in [-0.3, -0.25) is 9.69 Å². The molecule has 0 saturated carbocycles. The third kappa shape index (κ3) is 6.31. The number of benzene rings is 2. The minimum absolute atomic E-state index is 0.115. The van der Waals surface area contributed by atoms with E-state index >= 15 is 0 Å². The topological polar surface area (TPSA) is 114 Å². The highest BCUT2D eigenvalue weighted by Crippen LogP contribution is 2.28. The van der Waals surface area contributed by atoms with Gasteiger partial charge in [-0.2, -0.15) is 10.2 Å². The van der Waals surface area contributed by atoms with Crippen LogP contribution in [0.25, 0.3) is 11.4 Å². The molecule has 4 rings (SSSR count). The lowest BCUT2D eigenvalue weighted by Gasteiger charge is -2.34. The molecule has 188 valence electrons. The Kier molecular flexibility index (Phi) is 8.36. The largest absolute Gasteiger partial charge is 0.497 e. The summed E-state index contributed by atoms with van der Waals surface area (Å²) in [5, 5.41) is 13.1. The standard InChI is InChI=1S/C26H29N5O5/c1-33-21-8-6-20(7-9-21)26-28-24(36-29-26)18-30-11-13-31(14-12-30)25(32)4-3-15-35-22-10-5-19(17-27)16-23(22)34-2/h5-10,16H,3-4,11-15,18H2,1-2H3. The monoisotopic (exact) mass is 491 g/mol. The van der Waals surface area contributed by atoms with Crippen LogP contribution in [-0.4, -0.2) is 72.9 Å². The van der Waals surface area contributed by atoms with Crippen LogP contribution in [0, 0.1) is 11.3 Å². The number of aromatic nitrogens is 2. The number of carbonyl (C=O) groups is 1. The average Bonchev–Trinajstić information content (AvgIpc) is 3.39. The van der Waals surface area contributed by atoms with Crippen LogP contribution in [0.1, 0.15) is 24.3 Å². The zero-order chi connectivity index (χ0) is 25.3.